The van der Waals surface area contributed by atoms with Gasteiger partial charge in [-0.2, -0.15) is 0 Å². The number of nitrogens with zero attached hydrogens (tertiary/aromatic N) is 2. The Kier molecular flexibility index (Phi) is 4.59. The number of anilines is 1. The molecule has 2 aromatic rings. The third kappa shape index (κ3) is 3.37. The van der Waals surface area contributed by atoms with Gasteiger partial charge in [0.05, 0.1) is 31.2 Å². The lowest BCUT2D eigenvalue weighted by atomic mass is 10.0. The molecular weight excluding hydrogens is 408 g/mol. The molecule has 5 rings (SSSR count). The number of ether oxygens (including phenoxy) is 3. The molecule has 2 aromatic carbocycles. The summed E-state index contributed by atoms with van der Waals surface area (Å²) in [6.07, 6.45) is 0. The van der Waals surface area contributed by atoms with Gasteiger partial charge >= 0.3 is 0 Å². The standard InChI is InChI=1S/C21H22N2O6S/c1-27-16-5-3-15(4-6-16)23-18-12-30(25,26)11-17(18)22(10-21(23)24)9-14-2-7-19-20(8-14)29-13-28-19/h2-8,17-18H,9-13H2,1H3/t17-,18-/m1/s1. The van der Waals surface area contributed by atoms with Gasteiger partial charge in [0.15, 0.2) is 21.3 Å². The molecule has 158 valence electrons. The van der Waals surface area contributed by atoms with Crippen LogP contribution in [0.3, 0.4) is 0 Å². The van der Waals surface area contributed by atoms with Gasteiger partial charge in [-0.15, -0.1) is 0 Å². The van der Waals surface area contributed by atoms with Gasteiger partial charge in [-0.05, 0) is 42.0 Å². The Labute approximate surface area is 174 Å². The summed E-state index contributed by atoms with van der Waals surface area (Å²) >= 11 is 0. The van der Waals surface area contributed by atoms with Crippen molar-refractivity contribution in [1.82, 2.24) is 4.90 Å². The smallest absolute Gasteiger partial charge is 0.241 e. The lowest BCUT2D eigenvalue weighted by Crippen LogP contribution is -2.61. The van der Waals surface area contributed by atoms with E-state index in [0.717, 1.165) is 5.56 Å². The normalized spacial score (nSPS) is 24.7. The SMILES string of the molecule is COc1ccc(N2C(=O)CN(Cc3ccc4c(c3)OCO4)[C@@H]3CS(=O)(=O)C[C@H]32)cc1. The summed E-state index contributed by atoms with van der Waals surface area (Å²) in [7, 11) is -1.67. The van der Waals surface area contributed by atoms with Gasteiger partial charge in [-0.3, -0.25) is 9.69 Å². The van der Waals surface area contributed by atoms with Crippen LogP contribution in [0.1, 0.15) is 5.56 Å². The molecule has 0 spiro atoms. The van der Waals surface area contributed by atoms with Crippen LogP contribution in [-0.2, 0) is 21.2 Å². The van der Waals surface area contributed by atoms with Crippen molar-refractivity contribution in [2.45, 2.75) is 18.6 Å². The molecule has 0 aromatic heterocycles. The van der Waals surface area contributed by atoms with Crippen LogP contribution in [0.5, 0.6) is 17.2 Å². The van der Waals surface area contributed by atoms with E-state index in [9.17, 15) is 13.2 Å². The van der Waals surface area contributed by atoms with Gasteiger partial charge in [0, 0.05) is 18.3 Å². The Hall–Kier alpha value is -2.78. The number of fused-ring (bicyclic) bond motifs is 2. The number of carbonyl (C=O) groups excluding carboxylic acids is 1. The molecule has 0 aliphatic carbocycles. The molecule has 8 nitrogen and oxygen atoms in total. The quantitative estimate of drug-likeness (QED) is 0.726. The van der Waals surface area contributed by atoms with Crippen LogP contribution in [0.15, 0.2) is 42.5 Å². The first-order chi connectivity index (χ1) is 14.4. The highest BCUT2D eigenvalue weighted by Gasteiger charge is 2.49. The Bertz CT molecular complexity index is 1090. The monoisotopic (exact) mass is 430 g/mol. The Morgan fingerprint density at radius 3 is 2.53 bits per heavy atom. The van der Waals surface area contributed by atoms with Crippen LogP contribution in [0.25, 0.3) is 0 Å². The fourth-order valence-corrected chi connectivity index (χ4v) is 6.46. The van der Waals surface area contributed by atoms with E-state index in [-0.39, 0.29) is 36.8 Å². The molecule has 9 heteroatoms. The van der Waals surface area contributed by atoms with Crippen molar-refractivity contribution in [1.29, 1.82) is 0 Å². The zero-order valence-corrected chi connectivity index (χ0v) is 17.3. The zero-order chi connectivity index (χ0) is 20.9. The third-order valence-electron chi connectivity index (χ3n) is 5.87. The van der Waals surface area contributed by atoms with Crippen LogP contribution in [0.2, 0.25) is 0 Å². The van der Waals surface area contributed by atoms with E-state index < -0.39 is 15.9 Å². The topological polar surface area (TPSA) is 85.4 Å². The van der Waals surface area contributed by atoms with E-state index in [1.165, 1.54) is 0 Å². The maximum Gasteiger partial charge on any atom is 0.241 e. The summed E-state index contributed by atoms with van der Waals surface area (Å²) < 4.78 is 41.0. The van der Waals surface area contributed by atoms with Crippen molar-refractivity contribution in [3.05, 3.63) is 48.0 Å². The summed E-state index contributed by atoms with van der Waals surface area (Å²) in [5.41, 5.74) is 1.64. The third-order valence-corrected chi connectivity index (χ3v) is 7.57. The molecule has 30 heavy (non-hydrogen) atoms. The molecule has 1 amide bonds. The van der Waals surface area contributed by atoms with Crippen molar-refractivity contribution in [2.24, 2.45) is 0 Å². The first kappa shape index (κ1) is 19.2. The van der Waals surface area contributed by atoms with E-state index in [0.29, 0.717) is 29.5 Å². The van der Waals surface area contributed by atoms with Crippen LogP contribution >= 0.6 is 0 Å². The van der Waals surface area contributed by atoms with Crippen molar-refractivity contribution < 1.29 is 27.4 Å². The number of methoxy groups -OCH3 is 1. The van der Waals surface area contributed by atoms with Crippen LogP contribution < -0.4 is 19.1 Å². The van der Waals surface area contributed by atoms with E-state index in [2.05, 4.69) is 0 Å². The number of amides is 1. The van der Waals surface area contributed by atoms with Gasteiger partial charge in [0.25, 0.3) is 0 Å². The van der Waals surface area contributed by atoms with Gasteiger partial charge in [0.2, 0.25) is 12.7 Å². The molecule has 0 bridgehead atoms. The second-order valence-corrected chi connectivity index (χ2v) is 9.92. The lowest BCUT2D eigenvalue weighted by Gasteiger charge is -2.43. The zero-order valence-electron chi connectivity index (χ0n) is 16.5. The minimum atomic E-state index is -3.25. The number of rotatable bonds is 4. The molecule has 3 aliphatic heterocycles. The van der Waals surface area contributed by atoms with Crippen molar-refractivity contribution in [2.75, 3.05) is 36.9 Å². The number of carbonyl (C=O) groups is 1. The summed E-state index contributed by atoms with van der Waals surface area (Å²) in [6.45, 7) is 0.813. The first-order valence-corrected chi connectivity index (χ1v) is 11.5. The lowest BCUT2D eigenvalue weighted by molar-refractivity contribution is -0.123. The van der Waals surface area contributed by atoms with Crippen molar-refractivity contribution >= 4 is 21.4 Å². The van der Waals surface area contributed by atoms with Crippen molar-refractivity contribution in [3.8, 4) is 17.2 Å². The largest absolute Gasteiger partial charge is 0.497 e. The van der Waals surface area contributed by atoms with Crippen LogP contribution in [0, 0.1) is 0 Å². The highest BCUT2D eigenvalue weighted by molar-refractivity contribution is 7.91. The highest BCUT2D eigenvalue weighted by Crippen LogP contribution is 2.36. The van der Waals surface area contributed by atoms with Crippen molar-refractivity contribution in [3.63, 3.8) is 0 Å². The van der Waals surface area contributed by atoms with E-state index >= 15 is 0 Å². The summed E-state index contributed by atoms with van der Waals surface area (Å²) in [6, 6.07) is 12.1. The van der Waals surface area contributed by atoms with E-state index in [4.69, 9.17) is 14.2 Å². The molecule has 3 aliphatic rings. The summed E-state index contributed by atoms with van der Waals surface area (Å²) in [5, 5.41) is 0. The van der Waals surface area contributed by atoms with E-state index in [1.54, 1.807) is 36.3 Å². The second-order valence-electron chi connectivity index (χ2n) is 7.77. The number of hydrogen-bond donors (Lipinski definition) is 0. The maximum absolute atomic E-state index is 13.1. The summed E-state index contributed by atoms with van der Waals surface area (Å²) in [4.78, 5) is 16.7. The van der Waals surface area contributed by atoms with Gasteiger partial charge < -0.3 is 19.1 Å². The number of benzene rings is 2. The van der Waals surface area contributed by atoms with Gasteiger partial charge in [0.1, 0.15) is 5.75 Å². The predicted molar refractivity (Wildman–Crippen MR) is 110 cm³/mol. The first-order valence-electron chi connectivity index (χ1n) is 9.73. The maximum atomic E-state index is 13.1. The molecule has 3 heterocycles. The summed E-state index contributed by atoms with van der Waals surface area (Å²) in [5.74, 6) is 1.95. The van der Waals surface area contributed by atoms with Gasteiger partial charge in [-0.1, -0.05) is 6.07 Å². The Morgan fingerprint density at radius 1 is 1.03 bits per heavy atom. The Balaban J connectivity index is 1.44. The molecule has 0 saturated carbocycles. The minimum Gasteiger partial charge on any atom is -0.497 e. The average Bonchev–Trinajstić information content (AvgIpc) is 3.31. The Morgan fingerprint density at radius 2 is 1.77 bits per heavy atom. The molecule has 0 N–H and O–H groups in total. The van der Waals surface area contributed by atoms with Crippen LogP contribution in [-0.4, -0.2) is 63.3 Å². The average molecular weight is 430 g/mol. The molecular formula is C21H22N2O6S. The molecule has 0 radical (unpaired) electrons. The number of hydrogen-bond acceptors (Lipinski definition) is 7. The van der Waals surface area contributed by atoms with Gasteiger partial charge in [-0.25, -0.2) is 8.42 Å². The molecule has 2 fully saturated rings. The second kappa shape index (κ2) is 7.17. The molecule has 2 saturated heterocycles. The number of piperazine rings is 1. The highest BCUT2D eigenvalue weighted by atomic mass is 32.2. The number of sulfone groups is 1. The van der Waals surface area contributed by atoms with E-state index in [1.807, 2.05) is 23.1 Å². The molecule has 2 atom stereocenters. The molecule has 0 unspecified atom stereocenters. The fraction of sp³-hybridized carbons (Fsp3) is 0.381. The predicted octanol–water partition coefficient (Wildman–Crippen LogP) is 1.44. The van der Waals surface area contributed by atoms with Crippen LogP contribution in [0.4, 0.5) is 5.69 Å². The minimum absolute atomic E-state index is 0.0346. The fourth-order valence-electron chi connectivity index (χ4n) is 4.48.